The maximum absolute atomic E-state index is 10.2. The molecule has 0 saturated heterocycles. The first-order valence-electron chi connectivity index (χ1n) is 2.80. The van der Waals surface area contributed by atoms with E-state index in [4.69, 9.17) is 0 Å². The van der Waals surface area contributed by atoms with E-state index in [1.54, 1.807) is 13.8 Å². The molecule has 4 nitrogen and oxygen atoms in total. The summed E-state index contributed by atoms with van der Waals surface area (Å²) in [6.45, 7) is 4.07. The highest BCUT2D eigenvalue weighted by Gasteiger charge is 1.91. The molecular weight excluding hydrogens is 120 g/mol. The van der Waals surface area contributed by atoms with Gasteiger partial charge < -0.3 is 4.74 Å². The first kappa shape index (κ1) is 11.2. The van der Waals surface area contributed by atoms with E-state index in [1.165, 1.54) is 0 Å². The number of hydrogen-bond donors (Lipinski definition) is 2. The number of nitrogens with two attached hydrogens (primary N) is 2. The van der Waals surface area contributed by atoms with Gasteiger partial charge in [0.15, 0.2) is 0 Å². The van der Waals surface area contributed by atoms with Crippen molar-refractivity contribution in [3.8, 4) is 0 Å². The summed E-state index contributed by atoms with van der Waals surface area (Å²) < 4.78 is 4.55. The molecule has 0 aliphatic carbocycles. The fraction of sp³-hybridized carbons (Fsp3) is 0.800. The molecule has 0 aliphatic heterocycles. The molecule has 0 aliphatic rings. The third kappa shape index (κ3) is 11.1. The summed E-state index contributed by atoms with van der Waals surface area (Å²) in [5, 5.41) is 0. The number of hydrogen-bond acceptors (Lipinski definition) is 4. The first-order valence-corrected chi connectivity index (χ1v) is 2.80. The first-order chi connectivity index (χ1) is 4.31. The van der Waals surface area contributed by atoms with Gasteiger partial charge in [0.1, 0.15) is 0 Å². The van der Waals surface area contributed by atoms with Crippen LogP contribution in [0.5, 0.6) is 0 Å². The Balaban J connectivity index is 0. The van der Waals surface area contributed by atoms with Gasteiger partial charge in [-0.05, 0) is 6.92 Å². The van der Waals surface area contributed by atoms with Crippen molar-refractivity contribution in [1.82, 2.24) is 0 Å². The lowest BCUT2D eigenvalue weighted by molar-refractivity contribution is -0.142. The fourth-order valence-electron chi connectivity index (χ4n) is 0.263. The number of ether oxygens (including phenoxy) is 1. The number of rotatable bonds is 2. The summed E-state index contributed by atoms with van der Waals surface area (Å²) in [5.41, 5.74) is 0. The minimum atomic E-state index is -0.123. The molecule has 0 unspecified atom stereocenters. The van der Waals surface area contributed by atoms with Gasteiger partial charge in [-0.3, -0.25) is 16.5 Å². The fourth-order valence-corrected chi connectivity index (χ4v) is 0.263. The molecule has 0 fully saturated rings. The second-order valence-electron chi connectivity index (χ2n) is 1.16. The van der Waals surface area contributed by atoms with Gasteiger partial charge in [0.2, 0.25) is 0 Å². The van der Waals surface area contributed by atoms with E-state index in [0.717, 1.165) is 0 Å². The van der Waals surface area contributed by atoms with Crippen molar-refractivity contribution in [2.75, 3.05) is 6.61 Å². The third-order valence-corrected chi connectivity index (χ3v) is 0.594. The molecule has 0 spiro atoms. The van der Waals surface area contributed by atoms with Gasteiger partial charge in [0.25, 0.3) is 0 Å². The van der Waals surface area contributed by atoms with Crippen LogP contribution in [0.25, 0.3) is 0 Å². The molecule has 4 heteroatoms. The summed E-state index contributed by atoms with van der Waals surface area (Å²) in [6.07, 6.45) is 0.480. The van der Waals surface area contributed by atoms with Crippen molar-refractivity contribution in [3.63, 3.8) is 0 Å². The SMILES string of the molecule is CCOC(=O)CC.NN. The molecule has 0 heterocycles. The van der Waals surface area contributed by atoms with Crippen LogP contribution in [0.15, 0.2) is 0 Å². The van der Waals surface area contributed by atoms with Crippen molar-refractivity contribution in [3.05, 3.63) is 0 Å². The molecule has 56 valence electrons. The number of carbonyl (C=O) groups excluding carboxylic acids is 1. The quantitative estimate of drug-likeness (QED) is 0.311. The van der Waals surface area contributed by atoms with Crippen molar-refractivity contribution in [2.24, 2.45) is 11.7 Å². The zero-order chi connectivity index (χ0) is 7.70. The normalized spacial score (nSPS) is 7.11. The Morgan fingerprint density at radius 1 is 1.44 bits per heavy atom. The van der Waals surface area contributed by atoms with E-state index in [-0.39, 0.29) is 5.97 Å². The average molecular weight is 134 g/mol. The van der Waals surface area contributed by atoms with Crippen LogP contribution in [-0.2, 0) is 9.53 Å². The van der Waals surface area contributed by atoms with E-state index in [1.807, 2.05) is 0 Å². The molecule has 0 amide bonds. The van der Waals surface area contributed by atoms with E-state index < -0.39 is 0 Å². The Kier molecular flexibility index (Phi) is 13.0. The highest BCUT2D eigenvalue weighted by atomic mass is 16.5. The van der Waals surface area contributed by atoms with Gasteiger partial charge >= 0.3 is 5.97 Å². The van der Waals surface area contributed by atoms with Crippen molar-refractivity contribution in [2.45, 2.75) is 20.3 Å². The predicted molar refractivity (Wildman–Crippen MR) is 35.3 cm³/mol. The lowest BCUT2D eigenvalue weighted by atomic mass is 10.5. The Bertz CT molecular complexity index is 66.0. The Morgan fingerprint density at radius 3 is 2.00 bits per heavy atom. The number of hydrazine groups is 1. The van der Waals surface area contributed by atoms with Gasteiger partial charge in [-0.1, -0.05) is 6.92 Å². The van der Waals surface area contributed by atoms with Crippen molar-refractivity contribution >= 4 is 5.97 Å². The predicted octanol–water partition coefficient (Wildman–Crippen LogP) is -0.222. The molecule has 0 rings (SSSR count). The second kappa shape index (κ2) is 10.4. The highest BCUT2D eigenvalue weighted by molar-refractivity contribution is 5.68. The zero-order valence-electron chi connectivity index (χ0n) is 5.89. The minimum absolute atomic E-state index is 0.123. The smallest absolute Gasteiger partial charge is 0.305 e. The molecule has 9 heavy (non-hydrogen) atoms. The summed E-state index contributed by atoms with van der Waals surface area (Å²) in [7, 11) is 0. The van der Waals surface area contributed by atoms with Crippen LogP contribution in [0.4, 0.5) is 0 Å². The zero-order valence-corrected chi connectivity index (χ0v) is 5.89. The third-order valence-electron chi connectivity index (χ3n) is 0.594. The van der Waals surface area contributed by atoms with Gasteiger partial charge in [0.05, 0.1) is 6.61 Å². The second-order valence-corrected chi connectivity index (χ2v) is 1.16. The van der Waals surface area contributed by atoms with Crippen LogP contribution in [0.2, 0.25) is 0 Å². The molecule has 0 aromatic heterocycles. The molecule has 0 bridgehead atoms. The van der Waals surface area contributed by atoms with Crippen LogP contribution in [0.1, 0.15) is 20.3 Å². The maximum Gasteiger partial charge on any atom is 0.305 e. The van der Waals surface area contributed by atoms with Gasteiger partial charge in [-0.25, -0.2) is 0 Å². The lowest BCUT2D eigenvalue weighted by Crippen LogP contribution is -2.02. The molecule has 0 radical (unpaired) electrons. The van der Waals surface area contributed by atoms with E-state index in [2.05, 4.69) is 16.4 Å². The molecular formula is C5H14N2O2. The Hall–Kier alpha value is -0.610. The van der Waals surface area contributed by atoms with Crippen LogP contribution >= 0.6 is 0 Å². The lowest BCUT2D eigenvalue weighted by Gasteiger charge is -1.93. The topological polar surface area (TPSA) is 78.3 Å². The summed E-state index contributed by atoms with van der Waals surface area (Å²) in [6, 6.07) is 0. The Labute approximate surface area is 55.1 Å². The van der Waals surface area contributed by atoms with Crippen LogP contribution in [0, 0.1) is 0 Å². The van der Waals surface area contributed by atoms with Crippen molar-refractivity contribution < 1.29 is 9.53 Å². The van der Waals surface area contributed by atoms with Crippen LogP contribution in [-0.4, -0.2) is 12.6 Å². The van der Waals surface area contributed by atoms with Crippen LogP contribution < -0.4 is 11.7 Å². The van der Waals surface area contributed by atoms with Crippen molar-refractivity contribution in [1.29, 1.82) is 0 Å². The van der Waals surface area contributed by atoms with Gasteiger partial charge in [-0.15, -0.1) is 0 Å². The largest absolute Gasteiger partial charge is 0.466 e. The number of carbonyl (C=O) groups is 1. The van der Waals surface area contributed by atoms with Crippen LogP contribution in [0.3, 0.4) is 0 Å². The van der Waals surface area contributed by atoms with E-state index in [9.17, 15) is 4.79 Å². The number of esters is 1. The maximum atomic E-state index is 10.2. The molecule has 0 atom stereocenters. The van der Waals surface area contributed by atoms with Gasteiger partial charge in [-0.2, -0.15) is 0 Å². The highest BCUT2D eigenvalue weighted by Crippen LogP contribution is 1.80. The summed E-state index contributed by atoms with van der Waals surface area (Å²) >= 11 is 0. The summed E-state index contributed by atoms with van der Waals surface area (Å²) in [5.74, 6) is 7.88. The monoisotopic (exact) mass is 134 g/mol. The molecule has 0 aromatic carbocycles. The average Bonchev–Trinajstić information content (AvgIpc) is 1.93. The minimum Gasteiger partial charge on any atom is -0.466 e. The van der Waals surface area contributed by atoms with E-state index >= 15 is 0 Å². The van der Waals surface area contributed by atoms with E-state index in [0.29, 0.717) is 13.0 Å². The summed E-state index contributed by atoms with van der Waals surface area (Å²) in [4.78, 5) is 10.2. The molecule has 0 aromatic rings. The standard InChI is InChI=1S/C5H10O2.H4N2/c1-3-5(6)7-4-2;1-2/h3-4H2,1-2H3;1-2H2. The molecule has 4 N–H and O–H groups in total. The Morgan fingerprint density at radius 2 is 1.89 bits per heavy atom. The van der Waals surface area contributed by atoms with Gasteiger partial charge in [0, 0.05) is 6.42 Å². The molecule has 0 saturated carbocycles.